The number of hydrogen-bond acceptors (Lipinski definition) is 6. The fraction of sp³-hybridized carbons (Fsp3) is 0.316. The molecule has 0 bridgehead atoms. The van der Waals surface area contributed by atoms with Crippen molar-refractivity contribution >= 4 is 27.5 Å². The summed E-state index contributed by atoms with van der Waals surface area (Å²) in [7, 11) is 0. The van der Waals surface area contributed by atoms with Crippen LogP contribution in [0.3, 0.4) is 0 Å². The van der Waals surface area contributed by atoms with Crippen LogP contribution in [0, 0.1) is 0 Å². The number of fused-ring (bicyclic) bond motifs is 1. The lowest BCUT2D eigenvalue weighted by Crippen LogP contribution is -2.25. The molecule has 0 saturated heterocycles. The smallest absolute Gasteiger partial charge is 0.326 e. The van der Waals surface area contributed by atoms with Crippen LogP contribution in [0.15, 0.2) is 40.8 Å². The highest BCUT2D eigenvalue weighted by Gasteiger charge is 2.15. The monoisotopic (exact) mass is 372 g/mol. The van der Waals surface area contributed by atoms with E-state index in [0.29, 0.717) is 23.4 Å². The van der Waals surface area contributed by atoms with Gasteiger partial charge in [0.05, 0.1) is 24.9 Å². The Morgan fingerprint density at radius 3 is 2.69 bits per heavy atom. The Bertz CT molecular complexity index is 960. The Balaban J connectivity index is 1.96. The molecule has 1 aromatic carbocycles. The largest absolute Gasteiger partial charge is 0.494 e. The first-order valence-electron chi connectivity index (χ1n) is 8.49. The molecule has 0 aliphatic heterocycles. The normalized spacial score (nSPS) is 10.8. The van der Waals surface area contributed by atoms with Crippen LogP contribution >= 0.6 is 11.3 Å². The van der Waals surface area contributed by atoms with Crippen LogP contribution in [0.5, 0.6) is 5.75 Å². The number of hydrogen-bond donors (Lipinski definition) is 0. The van der Waals surface area contributed by atoms with Crippen LogP contribution in [0.4, 0.5) is 0 Å². The molecule has 6 nitrogen and oxygen atoms in total. The van der Waals surface area contributed by atoms with E-state index in [1.54, 1.807) is 0 Å². The summed E-state index contributed by atoms with van der Waals surface area (Å²) in [5.41, 5.74) is 1.47. The number of benzene rings is 1. The molecule has 0 fully saturated rings. The molecule has 26 heavy (non-hydrogen) atoms. The van der Waals surface area contributed by atoms with Crippen molar-refractivity contribution in [3.63, 3.8) is 0 Å². The van der Waals surface area contributed by atoms with Gasteiger partial charge in [-0.25, -0.2) is 4.98 Å². The van der Waals surface area contributed by atoms with E-state index in [1.807, 2.05) is 43.5 Å². The molecule has 0 atom stereocenters. The molecule has 2 aromatic heterocycles. The number of esters is 1. The number of carbonyl (C=O) groups is 1. The number of carbonyl (C=O) groups excluding carboxylic acids is 1. The molecular weight excluding hydrogens is 352 g/mol. The molecule has 0 spiro atoms. The van der Waals surface area contributed by atoms with Gasteiger partial charge in [0.15, 0.2) is 0 Å². The second kappa shape index (κ2) is 8.14. The molecule has 3 rings (SSSR count). The molecule has 0 aliphatic carbocycles. The standard InChI is InChI=1S/C19H20N2O4S/c1-3-9-25-16(22)10-21-12-20-18-17(19(21)23)15(11-26-18)13-5-7-14(8-6-13)24-4-2/h5-8,11-12H,3-4,9-10H2,1-2H3. The van der Waals surface area contributed by atoms with Gasteiger partial charge in [0.1, 0.15) is 17.1 Å². The Labute approximate surface area is 155 Å². The number of rotatable bonds is 7. The predicted molar refractivity (Wildman–Crippen MR) is 102 cm³/mol. The SMILES string of the molecule is CCCOC(=O)Cn1cnc2scc(-c3ccc(OCC)cc3)c2c1=O. The number of nitrogens with zero attached hydrogens (tertiary/aromatic N) is 2. The summed E-state index contributed by atoms with van der Waals surface area (Å²) in [4.78, 5) is 29.7. The summed E-state index contributed by atoms with van der Waals surface area (Å²) in [6.07, 6.45) is 2.14. The van der Waals surface area contributed by atoms with Crippen molar-refractivity contribution < 1.29 is 14.3 Å². The zero-order chi connectivity index (χ0) is 18.5. The van der Waals surface area contributed by atoms with Gasteiger partial charge in [0, 0.05) is 10.9 Å². The van der Waals surface area contributed by atoms with Crippen molar-refractivity contribution in [2.75, 3.05) is 13.2 Å². The average molecular weight is 372 g/mol. The van der Waals surface area contributed by atoms with Crippen molar-refractivity contribution in [2.45, 2.75) is 26.8 Å². The van der Waals surface area contributed by atoms with E-state index in [4.69, 9.17) is 9.47 Å². The summed E-state index contributed by atoms with van der Waals surface area (Å²) < 4.78 is 11.8. The van der Waals surface area contributed by atoms with E-state index >= 15 is 0 Å². The van der Waals surface area contributed by atoms with Gasteiger partial charge < -0.3 is 9.47 Å². The molecule has 0 saturated carbocycles. The average Bonchev–Trinajstić information content (AvgIpc) is 3.08. The van der Waals surface area contributed by atoms with Crippen LogP contribution in [0.1, 0.15) is 20.3 Å². The van der Waals surface area contributed by atoms with Crippen molar-refractivity contribution in [1.29, 1.82) is 0 Å². The van der Waals surface area contributed by atoms with Crippen molar-refractivity contribution in [3.8, 4) is 16.9 Å². The highest BCUT2D eigenvalue weighted by atomic mass is 32.1. The highest BCUT2D eigenvalue weighted by molar-refractivity contribution is 7.17. The molecule has 0 N–H and O–H groups in total. The summed E-state index contributed by atoms with van der Waals surface area (Å²) in [6.45, 7) is 4.66. The first-order valence-corrected chi connectivity index (χ1v) is 9.37. The zero-order valence-corrected chi connectivity index (χ0v) is 15.5. The third kappa shape index (κ3) is 3.77. The Kier molecular flexibility index (Phi) is 5.68. The van der Waals surface area contributed by atoms with Gasteiger partial charge in [-0.1, -0.05) is 19.1 Å². The molecule has 3 aromatic rings. The topological polar surface area (TPSA) is 70.4 Å². The van der Waals surface area contributed by atoms with Gasteiger partial charge in [0.25, 0.3) is 5.56 Å². The van der Waals surface area contributed by atoms with E-state index in [-0.39, 0.29) is 12.1 Å². The number of aromatic nitrogens is 2. The maximum absolute atomic E-state index is 12.9. The summed E-state index contributed by atoms with van der Waals surface area (Å²) >= 11 is 1.41. The summed E-state index contributed by atoms with van der Waals surface area (Å²) in [5, 5.41) is 2.43. The van der Waals surface area contributed by atoms with Gasteiger partial charge in [-0.3, -0.25) is 14.2 Å². The lowest BCUT2D eigenvalue weighted by atomic mass is 10.1. The minimum atomic E-state index is -0.437. The van der Waals surface area contributed by atoms with Crippen LogP contribution in [0.25, 0.3) is 21.3 Å². The Morgan fingerprint density at radius 2 is 2.00 bits per heavy atom. The summed E-state index contributed by atoms with van der Waals surface area (Å²) in [6, 6.07) is 7.58. The minimum absolute atomic E-state index is 0.139. The molecule has 136 valence electrons. The van der Waals surface area contributed by atoms with E-state index in [1.165, 1.54) is 22.2 Å². The maximum atomic E-state index is 12.9. The van der Waals surface area contributed by atoms with E-state index in [2.05, 4.69) is 4.98 Å². The third-order valence-electron chi connectivity index (χ3n) is 3.80. The molecular formula is C19H20N2O4S. The quantitative estimate of drug-likeness (QED) is 0.594. The van der Waals surface area contributed by atoms with Gasteiger partial charge in [-0.2, -0.15) is 0 Å². The van der Waals surface area contributed by atoms with E-state index < -0.39 is 5.97 Å². The zero-order valence-electron chi connectivity index (χ0n) is 14.7. The van der Waals surface area contributed by atoms with Crippen LogP contribution in [0.2, 0.25) is 0 Å². The van der Waals surface area contributed by atoms with Crippen molar-refractivity contribution in [2.24, 2.45) is 0 Å². The fourth-order valence-electron chi connectivity index (χ4n) is 2.59. The molecule has 2 heterocycles. The van der Waals surface area contributed by atoms with Gasteiger partial charge in [-0.05, 0) is 31.0 Å². The van der Waals surface area contributed by atoms with E-state index in [9.17, 15) is 9.59 Å². The van der Waals surface area contributed by atoms with Gasteiger partial charge in [-0.15, -0.1) is 11.3 Å². The first-order chi connectivity index (χ1) is 12.6. The summed E-state index contributed by atoms with van der Waals surface area (Å²) in [5.74, 6) is 0.345. The number of ether oxygens (including phenoxy) is 2. The number of thiophene rings is 1. The first kappa shape index (κ1) is 18.1. The van der Waals surface area contributed by atoms with Crippen LogP contribution in [-0.2, 0) is 16.1 Å². The third-order valence-corrected chi connectivity index (χ3v) is 4.69. The predicted octanol–water partition coefficient (Wildman–Crippen LogP) is 3.48. The molecule has 0 aliphatic rings. The maximum Gasteiger partial charge on any atom is 0.326 e. The van der Waals surface area contributed by atoms with Crippen molar-refractivity contribution in [1.82, 2.24) is 9.55 Å². The van der Waals surface area contributed by atoms with E-state index in [0.717, 1.165) is 23.3 Å². The molecule has 7 heteroatoms. The highest BCUT2D eigenvalue weighted by Crippen LogP contribution is 2.31. The second-order valence-corrected chi connectivity index (χ2v) is 6.54. The molecule has 0 radical (unpaired) electrons. The lowest BCUT2D eigenvalue weighted by Gasteiger charge is -2.07. The van der Waals surface area contributed by atoms with Crippen molar-refractivity contribution in [3.05, 3.63) is 46.3 Å². The Morgan fingerprint density at radius 1 is 1.23 bits per heavy atom. The van der Waals surface area contributed by atoms with Crippen LogP contribution in [-0.4, -0.2) is 28.7 Å². The fourth-order valence-corrected chi connectivity index (χ4v) is 3.50. The Hall–Kier alpha value is -2.67. The van der Waals surface area contributed by atoms with Crippen LogP contribution < -0.4 is 10.3 Å². The van der Waals surface area contributed by atoms with Gasteiger partial charge in [0.2, 0.25) is 0 Å². The van der Waals surface area contributed by atoms with Gasteiger partial charge >= 0.3 is 5.97 Å². The second-order valence-electron chi connectivity index (χ2n) is 5.69. The molecule has 0 amide bonds. The minimum Gasteiger partial charge on any atom is -0.494 e. The lowest BCUT2D eigenvalue weighted by molar-refractivity contribution is -0.144. The molecule has 0 unspecified atom stereocenters.